The molecule has 2 nitrogen and oxygen atoms in total. The Morgan fingerprint density at radius 1 is 1.20 bits per heavy atom. The van der Waals surface area contributed by atoms with Crippen LogP contribution in [-0.4, -0.2) is 38.3 Å². The molecule has 0 aromatic carbocycles. The molecule has 0 radical (unpaired) electrons. The van der Waals surface area contributed by atoms with Crippen molar-refractivity contribution in [2.24, 2.45) is 11.8 Å². The Balaban J connectivity index is 2.24. The standard InChI is InChI=1S/C13H27NO/c1-11(2)12-5-7-13(8-6-12)14(3)9-10-15-4/h11-13H,5-10H2,1-4H3/t12-,13-. The van der Waals surface area contributed by atoms with E-state index in [2.05, 4.69) is 25.8 Å². The van der Waals surface area contributed by atoms with Gasteiger partial charge in [-0.05, 0) is 44.6 Å². The quantitative estimate of drug-likeness (QED) is 0.696. The molecule has 15 heavy (non-hydrogen) atoms. The first-order valence-corrected chi connectivity index (χ1v) is 6.34. The van der Waals surface area contributed by atoms with Crippen molar-refractivity contribution in [3.63, 3.8) is 0 Å². The van der Waals surface area contributed by atoms with Gasteiger partial charge in [0.05, 0.1) is 6.61 Å². The minimum Gasteiger partial charge on any atom is -0.383 e. The molecule has 0 aliphatic heterocycles. The Kier molecular flexibility index (Phi) is 5.62. The summed E-state index contributed by atoms with van der Waals surface area (Å²) in [5, 5.41) is 0. The van der Waals surface area contributed by atoms with E-state index in [1.165, 1.54) is 25.7 Å². The fourth-order valence-electron chi connectivity index (χ4n) is 2.63. The lowest BCUT2D eigenvalue weighted by molar-refractivity contribution is 0.106. The monoisotopic (exact) mass is 213 g/mol. The number of methoxy groups -OCH3 is 1. The van der Waals surface area contributed by atoms with Gasteiger partial charge in [0.2, 0.25) is 0 Å². The first kappa shape index (κ1) is 13.0. The van der Waals surface area contributed by atoms with Gasteiger partial charge in [-0.2, -0.15) is 0 Å². The highest BCUT2D eigenvalue weighted by Crippen LogP contribution is 2.31. The van der Waals surface area contributed by atoms with Crippen molar-refractivity contribution >= 4 is 0 Å². The fraction of sp³-hybridized carbons (Fsp3) is 1.00. The molecule has 0 atom stereocenters. The Labute approximate surface area is 95.0 Å². The summed E-state index contributed by atoms with van der Waals surface area (Å²) in [5.41, 5.74) is 0. The third kappa shape index (κ3) is 4.12. The molecular formula is C13H27NO. The minimum atomic E-state index is 0.801. The largest absolute Gasteiger partial charge is 0.383 e. The molecule has 1 fully saturated rings. The van der Waals surface area contributed by atoms with Gasteiger partial charge in [0.15, 0.2) is 0 Å². The van der Waals surface area contributed by atoms with Crippen LogP contribution in [0.25, 0.3) is 0 Å². The van der Waals surface area contributed by atoms with Crippen molar-refractivity contribution in [3.05, 3.63) is 0 Å². The normalized spacial score (nSPS) is 27.6. The van der Waals surface area contributed by atoms with Gasteiger partial charge in [-0.3, -0.25) is 0 Å². The van der Waals surface area contributed by atoms with Gasteiger partial charge in [-0.25, -0.2) is 0 Å². The first-order valence-electron chi connectivity index (χ1n) is 6.34. The zero-order valence-corrected chi connectivity index (χ0v) is 10.8. The van der Waals surface area contributed by atoms with Gasteiger partial charge in [0, 0.05) is 19.7 Å². The van der Waals surface area contributed by atoms with Crippen molar-refractivity contribution in [1.82, 2.24) is 4.90 Å². The van der Waals surface area contributed by atoms with Crippen LogP contribution < -0.4 is 0 Å². The molecule has 0 N–H and O–H groups in total. The molecule has 0 saturated heterocycles. The summed E-state index contributed by atoms with van der Waals surface area (Å²) in [6, 6.07) is 0.801. The second-order valence-corrected chi connectivity index (χ2v) is 5.29. The molecule has 0 amide bonds. The van der Waals surface area contributed by atoms with E-state index in [1.54, 1.807) is 7.11 Å². The first-order chi connectivity index (χ1) is 7.15. The van der Waals surface area contributed by atoms with Crippen molar-refractivity contribution in [2.45, 2.75) is 45.6 Å². The van der Waals surface area contributed by atoms with Crippen LogP contribution >= 0.6 is 0 Å². The highest BCUT2D eigenvalue weighted by molar-refractivity contribution is 4.79. The van der Waals surface area contributed by atoms with E-state index >= 15 is 0 Å². The molecule has 0 heterocycles. The summed E-state index contributed by atoms with van der Waals surface area (Å²) < 4.78 is 5.12. The summed E-state index contributed by atoms with van der Waals surface area (Å²) >= 11 is 0. The third-order valence-electron chi connectivity index (χ3n) is 3.96. The van der Waals surface area contributed by atoms with Crippen LogP contribution in [0.3, 0.4) is 0 Å². The zero-order chi connectivity index (χ0) is 11.3. The third-order valence-corrected chi connectivity index (χ3v) is 3.96. The van der Waals surface area contributed by atoms with Crippen LogP contribution in [0.15, 0.2) is 0 Å². The van der Waals surface area contributed by atoms with Gasteiger partial charge in [0.25, 0.3) is 0 Å². The smallest absolute Gasteiger partial charge is 0.0589 e. The van der Waals surface area contributed by atoms with E-state index in [0.717, 1.165) is 31.0 Å². The molecule has 1 rings (SSSR count). The summed E-state index contributed by atoms with van der Waals surface area (Å²) in [6.07, 6.45) is 5.59. The summed E-state index contributed by atoms with van der Waals surface area (Å²) in [5.74, 6) is 1.84. The van der Waals surface area contributed by atoms with Crippen molar-refractivity contribution in [1.29, 1.82) is 0 Å². The van der Waals surface area contributed by atoms with Crippen LogP contribution in [0.4, 0.5) is 0 Å². The van der Waals surface area contributed by atoms with E-state index in [4.69, 9.17) is 4.74 Å². The lowest BCUT2D eigenvalue weighted by Crippen LogP contribution is -2.37. The van der Waals surface area contributed by atoms with E-state index in [9.17, 15) is 0 Å². The number of rotatable bonds is 5. The van der Waals surface area contributed by atoms with Gasteiger partial charge in [0.1, 0.15) is 0 Å². The molecular weight excluding hydrogens is 186 g/mol. The number of hydrogen-bond donors (Lipinski definition) is 0. The Morgan fingerprint density at radius 3 is 2.27 bits per heavy atom. The minimum absolute atomic E-state index is 0.801. The maximum Gasteiger partial charge on any atom is 0.0589 e. The van der Waals surface area contributed by atoms with Gasteiger partial charge < -0.3 is 9.64 Å². The van der Waals surface area contributed by atoms with Gasteiger partial charge in [-0.15, -0.1) is 0 Å². The lowest BCUT2D eigenvalue weighted by Gasteiger charge is -2.36. The van der Waals surface area contributed by atoms with E-state index in [1.807, 2.05) is 0 Å². The summed E-state index contributed by atoms with van der Waals surface area (Å²) in [7, 11) is 4.02. The van der Waals surface area contributed by atoms with E-state index in [0.29, 0.717) is 0 Å². The molecule has 1 aliphatic rings. The second-order valence-electron chi connectivity index (χ2n) is 5.29. The molecule has 0 unspecified atom stereocenters. The van der Waals surface area contributed by atoms with Crippen LogP contribution in [0.2, 0.25) is 0 Å². The average Bonchev–Trinajstić information content (AvgIpc) is 2.26. The Hall–Kier alpha value is -0.0800. The molecule has 0 aromatic rings. The number of ether oxygens (including phenoxy) is 1. The topological polar surface area (TPSA) is 12.5 Å². The van der Waals surface area contributed by atoms with Crippen molar-refractivity contribution in [2.75, 3.05) is 27.3 Å². The van der Waals surface area contributed by atoms with E-state index < -0.39 is 0 Å². The Morgan fingerprint density at radius 2 is 1.80 bits per heavy atom. The van der Waals surface area contributed by atoms with Crippen LogP contribution in [-0.2, 0) is 4.74 Å². The Bertz CT molecular complexity index is 162. The molecule has 0 spiro atoms. The highest BCUT2D eigenvalue weighted by Gasteiger charge is 2.25. The predicted octanol–water partition coefficient (Wildman–Crippen LogP) is 2.78. The summed E-state index contributed by atoms with van der Waals surface area (Å²) in [4.78, 5) is 2.47. The number of nitrogens with zero attached hydrogens (tertiary/aromatic N) is 1. The molecule has 1 aliphatic carbocycles. The molecule has 2 heteroatoms. The zero-order valence-electron chi connectivity index (χ0n) is 10.8. The van der Waals surface area contributed by atoms with Crippen molar-refractivity contribution < 1.29 is 4.74 Å². The number of hydrogen-bond acceptors (Lipinski definition) is 2. The van der Waals surface area contributed by atoms with Crippen LogP contribution in [0.1, 0.15) is 39.5 Å². The molecule has 90 valence electrons. The van der Waals surface area contributed by atoms with Gasteiger partial charge in [-0.1, -0.05) is 13.8 Å². The van der Waals surface area contributed by atoms with Crippen LogP contribution in [0, 0.1) is 11.8 Å². The maximum atomic E-state index is 5.12. The maximum absolute atomic E-state index is 5.12. The van der Waals surface area contributed by atoms with Crippen LogP contribution in [0.5, 0.6) is 0 Å². The fourth-order valence-corrected chi connectivity index (χ4v) is 2.63. The van der Waals surface area contributed by atoms with E-state index in [-0.39, 0.29) is 0 Å². The molecule has 1 saturated carbocycles. The average molecular weight is 213 g/mol. The number of likely N-dealkylation sites (N-methyl/N-ethyl adjacent to an activating group) is 1. The highest BCUT2D eigenvalue weighted by atomic mass is 16.5. The van der Waals surface area contributed by atoms with Gasteiger partial charge >= 0.3 is 0 Å². The predicted molar refractivity (Wildman–Crippen MR) is 65.1 cm³/mol. The molecule has 0 bridgehead atoms. The SMILES string of the molecule is COCCN(C)[C@H]1CC[C@H](C(C)C)CC1. The second kappa shape index (κ2) is 6.49. The van der Waals surface area contributed by atoms with Crippen molar-refractivity contribution in [3.8, 4) is 0 Å². The summed E-state index contributed by atoms with van der Waals surface area (Å²) in [6.45, 7) is 6.66. The molecule has 0 aromatic heterocycles. The lowest BCUT2D eigenvalue weighted by atomic mass is 9.79.